The summed E-state index contributed by atoms with van der Waals surface area (Å²) < 4.78 is 21.9. The Morgan fingerprint density at radius 1 is 0.857 bits per heavy atom. The Hall–Kier alpha value is -2.92. The van der Waals surface area contributed by atoms with Crippen LogP contribution in [0.2, 0.25) is 0 Å². The van der Waals surface area contributed by atoms with Crippen LogP contribution < -0.4 is 19.5 Å². The van der Waals surface area contributed by atoms with E-state index in [2.05, 4.69) is 11.4 Å². The van der Waals surface area contributed by atoms with Gasteiger partial charge in [-0.3, -0.25) is 0 Å². The predicted molar refractivity (Wildman–Crippen MR) is 109 cm³/mol. The molecule has 0 saturated heterocycles. The Morgan fingerprint density at radius 3 is 2.36 bits per heavy atom. The van der Waals surface area contributed by atoms with Crippen LogP contribution >= 0.6 is 0 Å². The van der Waals surface area contributed by atoms with E-state index in [1.165, 1.54) is 0 Å². The van der Waals surface area contributed by atoms with Crippen LogP contribution in [0.5, 0.6) is 17.2 Å². The van der Waals surface area contributed by atoms with Crippen LogP contribution in [0, 0.1) is 0 Å². The average molecular weight is 381 g/mol. The molecular weight excluding hydrogens is 354 g/mol. The fraction of sp³-hybridized carbons (Fsp3) is 0.304. The van der Waals surface area contributed by atoms with Crippen molar-refractivity contribution in [3.8, 4) is 17.2 Å². The molecule has 0 amide bonds. The Balaban J connectivity index is 1.65. The largest absolute Gasteiger partial charge is 0.496 e. The van der Waals surface area contributed by atoms with Gasteiger partial charge in [0.05, 0.1) is 27.6 Å². The molecule has 3 aromatic rings. The third kappa shape index (κ3) is 4.67. The van der Waals surface area contributed by atoms with Crippen molar-refractivity contribution in [2.45, 2.75) is 18.9 Å². The number of para-hydroxylation sites is 1. The molecule has 1 N–H and O–H groups in total. The molecule has 0 aliphatic rings. The molecule has 1 aromatic heterocycles. The van der Waals surface area contributed by atoms with Gasteiger partial charge in [-0.05, 0) is 48.9 Å². The third-order valence-corrected chi connectivity index (χ3v) is 4.79. The Labute approximate surface area is 166 Å². The lowest BCUT2D eigenvalue weighted by atomic mass is 9.92. The van der Waals surface area contributed by atoms with Gasteiger partial charge in [-0.2, -0.15) is 0 Å². The van der Waals surface area contributed by atoms with Crippen LogP contribution in [0.15, 0.2) is 65.3 Å². The lowest BCUT2D eigenvalue weighted by molar-refractivity contribution is 0.354. The van der Waals surface area contributed by atoms with Gasteiger partial charge in [-0.25, -0.2) is 0 Å². The lowest BCUT2D eigenvalue weighted by Crippen LogP contribution is -2.18. The van der Waals surface area contributed by atoms with Gasteiger partial charge in [-0.1, -0.05) is 24.3 Å². The van der Waals surface area contributed by atoms with Gasteiger partial charge in [0.25, 0.3) is 0 Å². The topological polar surface area (TPSA) is 52.9 Å². The van der Waals surface area contributed by atoms with E-state index >= 15 is 0 Å². The SMILES string of the molecule is COc1ccc(CNCC[C@@H](c2ccco2)c2ccccc2OC)cc1OC. The van der Waals surface area contributed by atoms with Gasteiger partial charge in [0, 0.05) is 18.0 Å². The zero-order valence-corrected chi connectivity index (χ0v) is 16.6. The quantitative estimate of drug-likeness (QED) is 0.520. The van der Waals surface area contributed by atoms with Crippen molar-refractivity contribution < 1.29 is 18.6 Å². The van der Waals surface area contributed by atoms with Gasteiger partial charge in [0.2, 0.25) is 0 Å². The van der Waals surface area contributed by atoms with Crippen LogP contribution in [0.25, 0.3) is 0 Å². The summed E-state index contributed by atoms with van der Waals surface area (Å²) in [5, 5.41) is 3.51. The van der Waals surface area contributed by atoms with E-state index in [-0.39, 0.29) is 5.92 Å². The van der Waals surface area contributed by atoms with Gasteiger partial charge in [0.1, 0.15) is 11.5 Å². The molecule has 0 saturated carbocycles. The maximum absolute atomic E-state index is 5.71. The van der Waals surface area contributed by atoms with Crippen molar-refractivity contribution in [2.75, 3.05) is 27.9 Å². The first kappa shape index (κ1) is 19.8. The molecule has 0 bridgehead atoms. The summed E-state index contributed by atoms with van der Waals surface area (Å²) in [5.74, 6) is 3.43. The second-order valence-corrected chi connectivity index (χ2v) is 6.46. The van der Waals surface area contributed by atoms with Crippen molar-refractivity contribution in [2.24, 2.45) is 0 Å². The smallest absolute Gasteiger partial charge is 0.161 e. The molecule has 1 atom stereocenters. The molecule has 0 fully saturated rings. The summed E-state index contributed by atoms with van der Waals surface area (Å²) in [7, 11) is 4.99. The summed E-state index contributed by atoms with van der Waals surface area (Å²) >= 11 is 0. The van der Waals surface area contributed by atoms with Crippen molar-refractivity contribution in [3.63, 3.8) is 0 Å². The molecule has 0 unspecified atom stereocenters. The minimum absolute atomic E-state index is 0.129. The van der Waals surface area contributed by atoms with Crippen LogP contribution in [-0.2, 0) is 6.54 Å². The number of benzene rings is 2. The van der Waals surface area contributed by atoms with Gasteiger partial charge >= 0.3 is 0 Å². The summed E-state index contributed by atoms with van der Waals surface area (Å²) in [6.45, 7) is 1.58. The van der Waals surface area contributed by atoms with E-state index in [9.17, 15) is 0 Å². The van der Waals surface area contributed by atoms with Gasteiger partial charge in [-0.15, -0.1) is 0 Å². The number of methoxy groups -OCH3 is 3. The molecule has 5 heteroatoms. The number of ether oxygens (including phenoxy) is 3. The fourth-order valence-electron chi connectivity index (χ4n) is 3.36. The molecular formula is C23H27NO4. The highest BCUT2D eigenvalue weighted by Crippen LogP contribution is 2.34. The molecule has 5 nitrogen and oxygen atoms in total. The molecule has 148 valence electrons. The first-order valence-electron chi connectivity index (χ1n) is 9.34. The normalized spacial score (nSPS) is 11.8. The zero-order chi connectivity index (χ0) is 19.8. The van der Waals surface area contributed by atoms with Gasteiger partial charge < -0.3 is 23.9 Å². The summed E-state index contributed by atoms with van der Waals surface area (Å²) in [6.07, 6.45) is 2.61. The summed E-state index contributed by atoms with van der Waals surface area (Å²) in [5.41, 5.74) is 2.28. The second kappa shape index (κ2) is 9.85. The van der Waals surface area contributed by atoms with E-state index in [0.29, 0.717) is 0 Å². The average Bonchev–Trinajstić information content (AvgIpc) is 3.28. The Kier molecular flexibility index (Phi) is 6.98. The number of hydrogen-bond acceptors (Lipinski definition) is 5. The van der Waals surface area contributed by atoms with Gasteiger partial charge in [0.15, 0.2) is 11.5 Å². The summed E-state index contributed by atoms with van der Waals surface area (Å²) in [6, 6.07) is 18.0. The lowest BCUT2D eigenvalue weighted by Gasteiger charge is -2.18. The van der Waals surface area contributed by atoms with E-state index in [0.717, 1.165) is 53.6 Å². The van der Waals surface area contributed by atoms with Crippen LogP contribution in [0.3, 0.4) is 0 Å². The zero-order valence-electron chi connectivity index (χ0n) is 16.6. The highest BCUT2D eigenvalue weighted by Gasteiger charge is 2.20. The molecule has 0 aliphatic carbocycles. The van der Waals surface area contributed by atoms with Crippen LogP contribution in [0.4, 0.5) is 0 Å². The number of hydrogen-bond donors (Lipinski definition) is 1. The second-order valence-electron chi connectivity index (χ2n) is 6.46. The summed E-state index contributed by atoms with van der Waals surface area (Å²) in [4.78, 5) is 0. The minimum Gasteiger partial charge on any atom is -0.496 e. The fourth-order valence-corrected chi connectivity index (χ4v) is 3.36. The van der Waals surface area contributed by atoms with Crippen molar-refractivity contribution in [1.82, 2.24) is 5.32 Å². The van der Waals surface area contributed by atoms with Crippen molar-refractivity contribution >= 4 is 0 Å². The maximum atomic E-state index is 5.71. The number of furan rings is 1. The molecule has 0 radical (unpaired) electrons. The van der Waals surface area contributed by atoms with E-state index in [4.69, 9.17) is 18.6 Å². The highest BCUT2D eigenvalue weighted by molar-refractivity contribution is 5.43. The van der Waals surface area contributed by atoms with Crippen LogP contribution in [-0.4, -0.2) is 27.9 Å². The molecule has 28 heavy (non-hydrogen) atoms. The van der Waals surface area contributed by atoms with Crippen molar-refractivity contribution in [3.05, 3.63) is 77.7 Å². The highest BCUT2D eigenvalue weighted by atomic mass is 16.5. The molecule has 3 rings (SSSR count). The first-order chi connectivity index (χ1) is 13.8. The van der Waals surface area contributed by atoms with Crippen molar-refractivity contribution in [1.29, 1.82) is 0 Å². The third-order valence-electron chi connectivity index (χ3n) is 4.79. The standard InChI is InChI=1S/C23H27NO4/c1-25-20-8-5-4-7-18(20)19(21-9-6-14-28-21)12-13-24-16-17-10-11-22(26-2)23(15-17)27-3/h4-11,14-15,19,24H,12-13,16H2,1-3H3/t19-/m1/s1. The molecule has 0 spiro atoms. The molecule has 2 aromatic carbocycles. The predicted octanol–water partition coefficient (Wildman–Crippen LogP) is 4.62. The monoisotopic (exact) mass is 381 g/mol. The molecule has 1 heterocycles. The Bertz CT molecular complexity index is 861. The van der Waals surface area contributed by atoms with E-state index in [1.807, 2.05) is 48.5 Å². The van der Waals surface area contributed by atoms with E-state index < -0.39 is 0 Å². The van der Waals surface area contributed by atoms with Crippen LogP contribution in [0.1, 0.15) is 29.2 Å². The number of nitrogens with one attached hydrogen (secondary N) is 1. The first-order valence-corrected chi connectivity index (χ1v) is 9.34. The maximum Gasteiger partial charge on any atom is 0.161 e. The number of rotatable bonds is 10. The molecule has 0 aliphatic heterocycles. The van der Waals surface area contributed by atoms with E-state index in [1.54, 1.807) is 27.6 Å². The minimum atomic E-state index is 0.129. The Morgan fingerprint density at radius 2 is 1.64 bits per heavy atom.